The average molecular weight is 321 g/mol. The van der Waals surface area contributed by atoms with Crippen LogP contribution in [0.5, 0.6) is 11.5 Å². The number of rotatable bonds is 7. The highest BCUT2D eigenvalue weighted by atomic mass is 35.5. The SMILES string of the molecule is COc1cc(CNc2ccccc2Cl)ccc1OCC(N)=O. The Morgan fingerprint density at radius 2 is 2.00 bits per heavy atom. The molecule has 0 unspecified atom stereocenters. The molecule has 0 aromatic heterocycles. The zero-order valence-electron chi connectivity index (χ0n) is 12.1. The summed E-state index contributed by atoms with van der Waals surface area (Å²) in [5, 5.41) is 3.91. The highest BCUT2D eigenvalue weighted by Gasteiger charge is 2.07. The largest absolute Gasteiger partial charge is 0.493 e. The predicted octanol–water partition coefficient (Wildman–Crippen LogP) is 2.82. The number of anilines is 1. The number of para-hydroxylation sites is 1. The molecule has 0 bridgehead atoms. The molecule has 6 heteroatoms. The van der Waals surface area contributed by atoms with Crippen molar-refractivity contribution in [3.05, 3.63) is 53.1 Å². The molecular weight excluding hydrogens is 304 g/mol. The van der Waals surface area contributed by atoms with Gasteiger partial charge in [0.05, 0.1) is 17.8 Å². The fourth-order valence-corrected chi connectivity index (χ4v) is 2.09. The van der Waals surface area contributed by atoms with E-state index in [4.69, 9.17) is 26.8 Å². The van der Waals surface area contributed by atoms with Crippen LogP contribution in [0.25, 0.3) is 0 Å². The van der Waals surface area contributed by atoms with Crippen LogP contribution in [0.2, 0.25) is 5.02 Å². The summed E-state index contributed by atoms with van der Waals surface area (Å²) in [7, 11) is 1.54. The molecule has 0 saturated carbocycles. The van der Waals surface area contributed by atoms with Crippen molar-refractivity contribution in [2.45, 2.75) is 6.54 Å². The fraction of sp³-hybridized carbons (Fsp3) is 0.188. The number of carbonyl (C=O) groups is 1. The summed E-state index contributed by atoms with van der Waals surface area (Å²) in [6, 6.07) is 13.0. The summed E-state index contributed by atoms with van der Waals surface area (Å²) in [5.41, 5.74) is 6.91. The number of primary amides is 1. The van der Waals surface area contributed by atoms with E-state index in [0.29, 0.717) is 23.1 Å². The lowest BCUT2D eigenvalue weighted by Gasteiger charge is -2.12. The van der Waals surface area contributed by atoms with Gasteiger partial charge in [0.2, 0.25) is 0 Å². The molecule has 0 fully saturated rings. The lowest BCUT2D eigenvalue weighted by atomic mass is 10.2. The third kappa shape index (κ3) is 4.30. The number of halogens is 1. The Morgan fingerprint density at radius 1 is 1.23 bits per heavy atom. The average Bonchev–Trinajstić information content (AvgIpc) is 2.52. The molecule has 2 aromatic rings. The molecule has 22 heavy (non-hydrogen) atoms. The van der Waals surface area contributed by atoms with Crippen LogP contribution in [0.1, 0.15) is 5.56 Å². The number of benzene rings is 2. The molecule has 2 rings (SSSR count). The summed E-state index contributed by atoms with van der Waals surface area (Å²) < 4.78 is 10.5. The van der Waals surface area contributed by atoms with E-state index in [2.05, 4.69) is 5.32 Å². The Bertz CT molecular complexity index is 662. The van der Waals surface area contributed by atoms with E-state index < -0.39 is 5.91 Å². The van der Waals surface area contributed by atoms with Gasteiger partial charge in [-0.2, -0.15) is 0 Å². The van der Waals surface area contributed by atoms with Crippen LogP contribution >= 0.6 is 11.6 Å². The second kappa shape index (κ2) is 7.56. The number of hydrogen-bond acceptors (Lipinski definition) is 4. The van der Waals surface area contributed by atoms with Gasteiger partial charge in [-0.1, -0.05) is 29.8 Å². The maximum atomic E-state index is 10.8. The van der Waals surface area contributed by atoms with Gasteiger partial charge in [-0.25, -0.2) is 0 Å². The van der Waals surface area contributed by atoms with E-state index in [0.717, 1.165) is 11.3 Å². The van der Waals surface area contributed by atoms with Crippen molar-refractivity contribution in [3.63, 3.8) is 0 Å². The summed E-state index contributed by atoms with van der Waals surface area (Å²) in [5.74, 6) is 0.481. The van der Waals surface area contributed by atoms with Crippen molar-refractivity contribution in [1.82, 2.24) is 0 Å². The Hall–Kier alpha value is -2.40. The second-order valence-electron chi connectivity index (χ2n) is 4.57. The minimum atomic E-state index is -0.536. The minimum absolute atomic E-state index is 0.187. The topological polar surface area (TPSA) is 73.6 Å². The Morgan fingerprint density at radius 3 is 2.68 bits per heavy atom. The standard InChI is InChI=1S/C16H17ClN2O3/c1-21-15-8-11(6-7-14(15)22-10-16(18)20)9-19-13-5-3-2-4-12(13)17/h2-8,19H,9-10H2,1H3,(H2,18,20). The zero-order valence-corrected chi connectivity index (χ0v) is 12.9. The van der Waals surface area contributed by atoms with E-state index >= 15 is 0 Å². The minimum Gasteiger partial charge on any atom is -0.493 e. The monoisotopic (exact) mass is 320 g/mol. The third-order valence-electron chi connectivity index (χ3n) is 2.95. The van der Waals surface area contributed by atoms with Crippen LogP contribution < -0.4 is 20.5 Å². The van der Waals surface area contributed by atoms with Crippen LogP contribution in [0.4, 0.5) is 5.69 Å². The van der Waals surface area contributed by atoms with E-state index in [9.17, 15) is 4.79 Å². The van der Waals surface area contributed by atoms with Gasteiger partial charge in [-0.3, -0.25) is 4.79 Å². The molecule has 1 amide bonds. The zero-order chi connectivity index (χ0) is 15.9. The van der Waals surface area contributed by atoms with E-state index in [1.807, 2.05) is 36.4 Å². The van der Waals surface area contributed by atoms with Gasteiger partial charge < -0.3 is 20.5 Å². The van der Waals surface area contributed by atoms with E-state index in [1.165, 1.54) is 7.11 Å². The molecule has 116 valence electrons. The van der Waals surface area contributed by atoms with E-state index in [-0.39, 0.29) is 6.61 Å². The van der Waals surface area contributed by atoms with Gasteiger partial charge in [0.1, 0.15) is 0 Å². The molecular formula is C16H17ClN2O3. The third-order valence-corrected chi connectivity index (χ3v) is 3.28. The molecule has 0 atom stereocenters. The molecule has 5 nitrogen and oxygen atoms in total. The Kier molecular flexibility index (Phi) is 5.49. The summed E-state index contributed by atoms with van der Waals surface area (Å²) in [6.07, 6.45) is 0. The lowest BCUT2D eigenvalue weighted by Crippen LogP contribution is -2.20. The number of ether oxygens (including phenoxy) is 2. The smallest absolute Gasteiger partial charge is 0.255 e. The van der Waals surface area contributed by atoms with Crippen molar-refractivity contribution >= 4 is 23.2 Å². The van der Waals surface area contributed by atoms with Gasteiger partial charge in [0, 0.05) is 6.54 Å². The van der Waals surface area contributed by atoms with Crippen LogP contribution in [-0.2, 0) is 11.3 Å². The van der Waals surface area contributed by atoms with Crippen molar-refractivity contribution in [1.29, 1.82) is 0 Å². The van der Waals surface area contributed by atoms with E-state index in [1.54, 1.807) is 6.07 Å². The molecule has 0 aliphatic rings. The molecule has 0 spiro atoms. The number of hydrogen-bond donors (Lipinski definition) is 2. The van der Waals surface area contributed by atoms with Crippen LogP contribution in [-0.4, -0.2) is 19.6 Å². The highest BCUT2D eigenvalue weighted by Crippen LogP contribution is 2.29. The van der Waals surface area contributed by atoms with Gasteiger partial charge in [-0.05, 0) is 29.8 Å². The molecule has 0 radical (unpaired) electrons. The van der Waals surface area contributed by atoms with Crippen molar-refractivity contribution < 1.29 is 14.3 Å². The molecule has 0 aliphatic heterocycles. The van der Waals surface area contributed by atoms with Crippen LogP contribution in [0, 0.1) is 0 Å². The Labute approximate surface area is 134 Å². The maximum absolute atomic E-state index is 10.8. The van der Waals surface area contributed by atoms with Gasteiger partial charge in [-0.15, -0.1) is 0 Å². The van der Waals surface area contributed by atoms with Crippen LogP contribution in [0.3, 0.4) is 0 Å². The van der Waals surface area contributed by atoms with Gasteiger partial charge in [0.25, 0.3) is 5.91 Å². The molecule has 3 N–H and O–H groups in total. The predicted molar refractivity (Wildman–Crippen MR) is 86.5 cm³/mol. The fourth-order valence-electron chi connectivity index (χ4n) is 1.89. The summed E-state index contributed by atoms with van der Waals surface area (Å²) >= 11 is 6.09. The molecule has 0 heterocycles. The van der Waals surface area contributed by atoms with Crippen molar-refractivity contribution in [2.75, 3.05) is 19.0 Å². The second-order valence-corrected chi connectivity index (χ2v) is 4.98. The first-order valence-electron chi connectivity index (χ1n) is 6.66. The lowest BCUT2D eigenvalue weighted by molar-refractivity contribution is -0.119. The first-order chi connectivity index (χ1) is 10.6. The van der Waals surface area contributed by atoms with Gasteiger partial charge >= 0.3 is 0 Å². The molecule has 2 aromatic carbocycles. The number of carbonyl (C=O) groups excluding carboxylic acids is 1. The normalized spacial score (nSPS) is 10.1. The Balaban J connectivity index is 2.06. The first-order valence-corrected chi connectivity index (χ1v) is 7.04. The number of amides is 1. The number of nitrogens with two attached hydrogens (primary N) is 1. The summed E-state index contributed by atoms with van der Waals surface area (Å²) in [4.78, 5) is 10.8. The number of methoxy groups -OCH3 is 1. The number of nitrogens with one attached hydrogen (secondary N) is 1. The quantitative estimate of drug-likeness (QED) is 0.822. The molecule has 0 saturated heterocycles. The highest BCUT2D eigenvalue weighted by molar-refractivity contribution is 6.33. The van der Waals surface area contributed by atoms with Crippen LogP contribution in [0.15, 0.2) is 42.5 Å². The molecule has 0 aliphatic carbocycles. The van der Waals surface area contributed by atoms with Gasteiger partial charge in [0.15, 0.2) is 18.1 Å². The first kappa shape index (κ1) is 16.0. The summed E-state index contributed by atoms with van der Waals surface area (Å²) in [6.45, 7) is 0.393. The maximum Gasteiger partial charge on any atom is 0.255 e. The van der Waals surface area contributed by atoms with Crippen molar-refractivity contribution in [3.8, 4) is 11.5 Å². The van der Waals surface area contributed by atoms with Crippen molar-refractivity contribution in [2.24, 2.45) is 5.73 Å².